The first kappa shape index (κ1) is 20.9. The second-order valence-corrected chi connectivity index (χ2v) is 6.54. The molecule has 30 heavy (non-hydrogen) atoms. The average molecular weight is 431 g/mol. The van der Waals surface area contributed by atoms with E-state index in [4.69, 9.17) is 16.3 Å². The molecule has 3 rings (SSSR count). The lowest BCUT2D eigenvalue weighted by Crippen LogP contribution is -2.22. The van der Waals surface area contributed by atoms with Crippen molar-refractivity contribution in [2.24, 2.45) is 0 Å². The van der Waals surface area contributed by atoms with E-state index >= 15 is 0 Å². The summed E-state index contributed by atoms with van der Waals surface area (Å²) in [6.45, 7) is -0.436. The molecule has 0 saturated carbocycles. The van der Waals surface area contributed by atoms with Crippen molar-refractivity contribution in [3.05, 3.63) is 74.0 Å². The number of nitrogens with one attached hydrogen (secondary N) is 1. The highest BCUT2D eigenvalue weighted by Gasteiger charge is 2.14. The summed E-state index contributed by atoms with van der Waals surface area (Å²) >= 11 is 5.91. The number of benzene rings is 2. The van der Waals surface area contributed by atoms with Crippen molar-refractivity contribution in [2.45, 2.75) is 13.0 Å². The summed E-state index contributed by atoms with van der Waals surface area (Å²) < 4.78 is 6.42. The molecule has 0 saturated heterocycles. The SMILES string of the molecule is O=C(COC(=O)CCn1ncc(=O)c2ccccc21)Nc1cc([N+](=O)[O-])ccc1Cl. The summed E-state index contributed by atoms with van der Waals surface area (Å²) in [5.41, 5.74) is 0.153. The predicted octanol–water partition coefficient (Wildman–Crippen LogP) is 2.53. The van der Waals surface area contributed by atoms with Crippen molar-refractivity contribution < 1.29 is 19.2 Å². The molecule has 0 aliphatic heterocycles. The zero-order chi connectivity index (χ0) is 21.7. The van der Waals surface area contributed by atoms with Crippen LogP contribution in [-0.2, 0) is 20.9 Å². The summed E-state index contributed by atoms with van der Waals surface area (Å²) in [5, 5.41) is 17.8. The summed E-state index contributed by atoms with van der Waals surface area (Å²) in [7, 11) is 0. The second-order valence-electron chi connectivity index (χ2n) is 6.13. The molecule has 1 aromatic heterocycles. The molecule has 0 bridgehead atoms. The average Bonchev–Trinajstić information content (AvgIpc) is 2.73. The van der Waals surface area contributed by atoms with E-state index in [0.29, 0.717) is 10.9 Å². The molecule has 0 unspecified atom stereocenters. The van der Waals surface area contributed by atoms with Crippen LogP contribution in [0.15, 0.2) is 53.5 Å². The quantitative estimate of drug-likeness (QED) is 0.346. The van der Waals surface area contributed by atoms with Crippen LogP contribution in [0.25, 0.3) is 10.9 Å². The number of hydrogen-bond donors (Lipinski definition) is 1. The molecule has 0 atom stereocenters. The van der Waals surface area contributed by atoms with Gasteiger partial charge in [-0.15, -0.1) is 0 Å². The maximum Gasteiger partial charge on any atom is 0.308 e. The molecule has 3 aromatic rings. The number of nitro benzene ring substituents is 1. The molecule has 10 nitrogen and oxygen atoms in total. The van der Waals surface area contributed by atoms with Crippen molar-refractivity contribution in [2.75, 3.05) is 11.9 Å². The van der Waals surface area contributed by atoms with Crippen LogP contribution in [0, 0.1) is 10.1 Å². The van der Waals surface area contributed by atoms with Crippen molar-refractivity contribution >= 4 is 45.8 Å². The normalized spacial score (nSPS) is 10.6. The molecule has 1 amide bonds. The Balaban J connectivity index is 1.55. The Morgan fingerprint density at radius 2 is 2.00 bits per heavy atom. The van der Waals surface area contributed by atoms with Gasteiger partial charge >= 0.3 is 5.97 Å². The highest BCUT2D eigenvalue weighted by Crippen LogP contribution is 2.26. The lowest BCUT2D eigenvalue weighted by atomic mass is 10.2. The van der Waals surface area contributed by atoms with E-state index < -0.39 is 23.4 Å². The number of nitro groups is 1. The van der Waals surface area contributed by atoms with E-state index in [0.717, 1.165) is 6.07 Å². The van der Waals surface area contributed by atoms with E-state index in [2.05, 4.69) is 10.4 Å². The number of hydrogen-bond acceptors (Lipinski definition) is 7. The van der Waals surface area contributed by atoms with Gasteiger partial charge in [-0.1, -0.05) is 23.7 Å². The largest absolute Gasteiger partial charge is 0.456 e. The number of non-ortho nitro benzene ring substituents is 1. The Labute approximate surface area is 174 Å². The molecule has 0 radical (unpaired) electrons. The van der Waals surface area contributed by atoms with Gasteiger partial charge in [0.15, 0.2) is 6.61 Å². The molecule has 0 aliphatic carbocycles. The van der Waals surface area contributed by atoms with E-state index in [1.807, 2.05) is 0 Å². The molecule has 0 spiro atoms. The first-order chi connectivity index (χ1) is 14.3. The van der Waals surface area contributed by atoms with Gasteiger partial charge in [0.25, 0.3) is 11.6 Å². The number of nitrogens with zero attached hydrogens (tertiary/aromatic N) is 3. The smallest absolute Gasteiger partial charge is 0.308 e. The Kier molecular flexibility index (Phi) is 6.38. The van der Waals surface area contributed by atoms with Crippen LogP contribution in [0.4, 0.5) is 11.4 Å². The highest BCUT2D eigenvalue weighted by molar-refractivity contribution is 6.33. The minimum atomic E-state index is -0.697. The topological polar surface area (TPSA) is 133 Å². The monoisotopic (exact) mass is 430 g/mol. The third-order valence-corrected chi connectivity index (χ3v) is 4.42. The minimum absolute atomic E-state index is 0.0378. The number of halogens is 1. The number of fused-ring (bicyclic) bond motifs is 1. The third kappa shape index (κ3) is 4.97. The molecule has 0 fully saturated rings. The number of aromatic nitrogens is 2. The number of para-hydroxylation sites is 1. The van der Waals surface area contributed by atoms with Gasteiger partial charge in [-0.25, -0.2) is 0 Å². The number of amides is 1. The van der Waals surface area contributed by atoms with Gasteiger partial charge in [0.2, 0.25) is 5.43 Å². The number of carbonyl (C=O) groups is 2. The van der Waals surface area contributed by atoms with Crippen molar-refractivity contribution in [3.8, 4) is 0 Å². The summed E-state index contributed by atoms with van der Waals surface area (Å²) in [4.78, 5) is 45.9. The fourth-order valence-electron chi connectivity index (χ4n) is 2.66. The Bertz CT molecular complexity index is 1190. The van der Waals surface area contributed by atoms with Gasteiger partial charge in [-0.2, -0.15) is 5.10 Å². The van der Waals surface area contributed by atoms with Gasteiger partial charge < -0.3 is 10.1 Å². The zero-order valence-electron chi connectivity index (χ0n) is 15.4. The van der Waals surface area contributed by atoms with E-state index in [1.54, 1.807) is 24.3 Å². The number of ether oxygens (including phenoxy) is 1. The first-order valence-corrected chi connectivity index (χ1v) is 9.07. The van der Waals surface area contributed by atoms with Crippen LogP contribution >= 0.6 is 11.6 Å². The maximum absolute atomic E-state index is 12.0. The number of anilines is 1. The molecular weight excluding hydrogens is 416 g/mol. The minimum Gasteiger partial charge on any atom is -0.456 e. The fourth-order valence-corrected chi connectivity index (χ4v) is 2.83. The molecular formula is C19H15ClN4O6. The van der Waals surface area contributed by atoms with Crippen LogP contribution < -0.4 is 10.7 Å². The number of carbonyl (C=O) groups excluding carboxylic acids is 2. The van der Waals surface area contributed by atoms with Gasteiger partial charge in [0.05, 0.1) is 40.3 Å². The van der Waals surface area contributed by atoms with Gasteiger partial charge in [-0.05, 0) is 18.2 Å². The molecule has 1 heterocycles. The lowest BCUT2D eigenvalue weighted by molar-refractivity contribution is -0.384. The third-order valence-electron chi connectivity index (χ3n) is 4.09. The zero-order valence-corrected chi connectivity index (χ0v) is 16.2. The molecule has 2 aromatic carbocycles. The molecule has 11 heteroatoms. The van der Waals surface area contributed by atoms with Crippen LogP contribution in [0.1, 0.15) is 6.42 Å². The predicted molar refractivity (Wildman–Crippen MR) is 108 cm³/mol. The van der Waals surface area contributed by atoms with Gasteiger partial charge in [-0.3, -0.25) is 29.2 Å². The van der Waals surface area contributed by atoms with Gasteiger partial charge in [0.1, 0.15) is 0 Å². The summed E-state index contributed by atoms with van der Waals surface area (Å²) in [6.07, 6.45) is 1.09. The van der Waals surface area contributed by atoms with Crippen molar-refractivity contribution in [1.82, 2.24) is 9.78 Å². The van der Waals surface area contributed by atoms with Crippen LogP contribution in [0.3, 0.4) is 0 Å². The first-order valence-electron chi connectivity index (χ1n) is 8.69. The summed E-state index contributed by atoms with van der Waals surface area (Å²) in [5.74, 6) is -1.35. The fraction of sp³-hybridized carbons (Fsp3) is 0.158. The number of esters is 1. The Morgan fingerprint density at radius 1 is 1.23 bits per heavy atom. The Morgan fingerprint density at radius 3 is 2.77 bits per heavy atom. The molecule has 154 valence electrons. The number of rotatable bonds is 7. The van der Waals surface area contributed by atoms with E-state index in [9.17, 15) is 24.5 Å². The molecule has 0 aliphatic rings. The van der Waals surface area contributed by atoms with E-state index in [-0.39, 0.29) is 34.8 Å². The second kappa shape index (κ2) is 9.14. The van der Waals surface area contributed by atoms with Crippen molar-refractivity contribution in [3.63, 3.8) is 0 Å². The summed E-state index contributed by atoms with van der Waals surface area (Å²) in [6, 6.07) is 10.4. The van der Waals surface area contributed by atoms with Crippen molar-refractivity contribution in [1.29, 1.82) is 0 Å². The standard InChI is InChI=1S/C19H15ClN4O6/c20-14-6-5-12(24(28)29)9-15(14)22-18(26)11-30-19(27)7-8-23-16-4-2-1-3-13(16)17(25)10-21-23/h1-6,9-10H,7-8,11H2,(H,22,26). The van der Waals surface area contributed by atoms with Gasteiger partial charge in [0, 0.05) is 17.5 Å². The van der Waals surface area contributed by atoms with Crippen LogP contribution in [0.2, 0.25) is 5.02 Å². The maximum atomic E-state index is 12.0. The Hall–Kier alpha value is -3.79. The highest BCUT2D eigenvalue weighted by atomic mass is 35.5. The van der Waals surface area contributed by atoms with Crippen LogP contribution in [0.5, 0.6) is 0 Å². The van der Waals surface area contributed by atoms with Crippen LogP contribution in [-0.4, -0.2) is 33.2 Å². The number of aryl methyl sites for hydroxylation is 1. The lowest BCUT2D eigenvalue weighted by Gasteiger charge is -2.10. The van der Waals surface area contributed by atoms with E-state index in [1.165, 1.54) is 23.0 Å². The molecule has 1 N–H and O–H groups in total.